The summed E-state index contributed by atoms with van der Waals surface area (Å²) in [5.74, 6) is 0.874. The van der Waals surface area contributed by atoms with Crippen LogP contribution in [0, 0.1) is 0 Å². The van der Waals surface area contributed by atoms with Gasteiger partial charge in [0.1, 0.15) is 12.4 Å². The summed E-state index contributed by atoms with van der Waals surface area (Å²) in [6, 6.07) is 16.2. The molecule has 3 aromatic rings. The van der Waals surface area contributed by atoms with Crippen LogP contribution >= 0.6 is 15.9 Å². The summed E-state index contributed by atoms with van der Waals surface area (Å²) in [6.45, 7) is 0.581. The second kappa shape index (κ2) is 4.86. The molecule has 0 fully saturated rings. The fraction of sp³-hybridized carbons (Fsp3) is 0.0667. The lowest BCUT2D eigenvalue weighted by atomic mass is 10.2. The van der Waals surface area contributed by atoms with E-state index < -0.39 is 0 Å². The average molecular weight is 302 g/mol. The Kier molecular flexibility index (Phi) is 3.07. The van der Waals surface area contributed by atoms with Crippen LogP contribution in [-0.4, -0.2) is 4.98 Å². The fourth-order valence-electron chi connectivity index (χ4n) is 1.92. The van der Waals surface area contributed by atoms with Gasteiger partial charge in [0.05, 0.1) is 0 Å². The average Bonchev–Trinajstić information content (AvgIpc) is 2.84. The standard InChI is InChI=1S/C15H12BrNO/c16-13-2-1-3-14(9-13)18-10-11-4-5-15-12(8-11)6-7-17-15/h1-9,17H,10H2. The van der Waals surface area contributed by atoms with Crippen LogP contribution in [0.4, 0.5) is 0 Å². The third-order valence-corrected chi connectivity index (χ3v) is 3.31. The summed E-state index contributed by atoms with van der Waals surface area (Å²) in [5, 5.41) is 1.21. The Labute approximate surface area is 114 Å². The maximum Gasteiger partial charge on any atom is 0.120 e. The van der Waals surface area contributed by atoms with E-state index in [1.807, 2.05) is 30.5 Å². The van der Waals surface area contributed by atoms with Crippen LogP contribution in [0.1, 0.15) is 5.56 Å². The molecule has 0 radical (unpaired) electrons. The summed E-state index contributed by atoms with van der Waals surface area (Å²) in [4.78, 5) is 3.18. The Hall–Kier alpha value is -1.74. The number of nitrogens with one attached hydrogen (secondary N) is 1. The Balaban J connectivity index is 1.76. The number of aromatic amines is 1. The number of rotatable bonds is 3. The van der Waals surface area contributed by atoms with Crippen molar-refractivity contribution in [2.75, 3.05) is 0 Å². The monoisotopic (exact) mass is 301 g/mol. The molecular weight excluding hydrogens is 290 g/mol. The second-order valence-electron chi connectivity index (χ2n) is 4.15. The molecule has 3 heteroatoms. The quantitative estimate of drug-likeness (QED) is 0.756. The largest absolute Gasteiger partial charge is 0.489 e. The van der Waals surface area contributed by atoms with Crippen molar-refractivity contribution in [2.45, 2.75) is 6.61 Å². The lowest BCUT2D eigenvalue weighted by Gasteiger charge is -2.06. The summed E-state index contributed by atoms with van der Waals surface area (Å²) < 4.78 is 6.79. The molecule has 0 aliphatic carbocycles. The summed E-state index contributed by atoms with van der Waals surface area (Å²) >= 11 is 3.43. The Morgan fingerprint density at radius 1 is 1.06 bits per heavy atom. The van der Waals surface area contributed by atoms with Crippen molar-refractivity contribution in [3.63, 3.8) is 0 Å². The number of H-pyrrole nitrogens is 1. The van der Waals surface area contributed by atoms with Crippen molar-refractivity contribution in [1.29, 1.82) is 0 Å². The molecule has 1 aromatic heterocycles. The first kappa shape index (κ1) is 11.4. The van der Waals surface area contributed by atoms with Crippen LogP contribution in [0.3, 0.4) is 0 Å². The highest BCUT2D eigenvalue weighted by Crippen LogP contribution is 2.20. The van der Waals surface area contributed by atoms with Gasteiger partial charge < -0.3 is 9.72 Å². The number of benzene rings is 2. The van der Waals surface area contributed by atoms with Gasteiger partial charge in [-0.15, -0.1) is 0 Å². The molecule has 0 unspecified atom stereocenters. The molecule has 0 saturated heterocycles. The first-order valence-electron chi connectivity index (χ1n) is 5.76. The number of hydrogen-bond donors (Lipinski definition) is 1. The van der Waals surface area contributed by atoms with Gasteiger partial charge in [-0.25, -0.2) is 0 Å². The third kappa shape index (κ3) is 2.41. The van der Waals surface area contributed by atoms with Gasteiger partial charge in [-0.3, -0.25) is 0 Å². The molecule has 2 aromatic carbocycles. The number of aromatic nitrogens is 1. The van der Waals surface area contributed by atoms with Crippen molar-refractivity contribution < 1.29 is 4.74 Å². The van der Waals surface area contributed by atoms with E-state index in [1.54, 1.807) is 0 Å². The minimum Gasteiger partial charge on any atom is -0.489 e. The highest BCUT2D eigenvalue weighted by atomic mass is 79.9. The van der Waals surface area contributed by atoms with Crippen molar-refractivity contribution in [1.82, 2.24) is 4.98 Å². The van der Waals surface area contributed by atoms with Gasteiger partial charge in [-0.2, -0.15) is 0 Å². The Bertz CT molecular complexity index is 675. The van der Waals surface area contributed by atoms with Gasteiger partial charge >= 0.3 is 0 Å². The van der Waals surface area contributed by atoms with Crippen molar-refractivity contribution >= 4 is 26.8 Å². The molecule has 0 bridgehead atoms. The lowest BCUT2D eigenvalue weighted by molar-refractivity contribution is 0.306. The Morgan fingerprint density at radius 3 is 2.89 bits per heavy atom. The summed E-state index contributed by atoms with van der Waals surface area (Å²) in [7, 11) is 0. The van der Waals surface area contributed by atoms with Gasteiger partial charge in [0.25, 0.3) is 0 Å². The van der Waals surface area contributed by atoms with Gasteiger partial charge in [0.15, 0.2) is 0 Å². The summed E-state index contributed by atoms with van der Waals surface area (Å²) in [5.41, 5.74) is 2.32. The van der Waals surface area contributed by atoms with Gasteiger partial charge in [0.2, 0.25) is 0 Å². The fourth-order valence-corrected chi connectivity index (χ4v) is 2.29. The third-order valence-electron chi connectivity index (χ3n) is 2.82. The van der Waals surface area contributed by atoms with E-state index >= 15 is 0 Å². The van der Waals surface area contributed by atoms with Gasteiger partial charge in [-0.1, -0.05) is 28.1 Å². The maximum absolute atomic E-state index is 5.76. The van der Waals surface area contributed by atoms with Crippen LogP contribution in [0.25, 0.3) is 10.9 Å². The van der Waals surface area contributed by atoms with E-state index in [2.05, 4.69) is 45.2 Å². The molecule has 90 valence electrons. The van der Waals surface area contributed by atoms with Gasteiger partial charge in [0, 0.05) is 16.2 Å². The molecule has 0 aliphatic rings. The zero-order chi connectivity index (χ0) is 12.4. The zero-order valence-corrected chi connectivity index (χ0v) is 11.3. The van der Waals surface area contributed by atoms with Crippen LogP contribution < -0.4 is 4.74 Å². The molecule has 3 rings (SSSR count). The number of hydrogen-bond acceptors (Lipinski definition) is 1. The van der Waals surface area contributed by atoms with Crippen molar-refractivity contribution in [2.24, 2.45) is 0 Å². The van der Waals surface area contributed by atoms with Crippen molar-refractivity contribution in [3.8, 4) is 5.75 Å². The van der Waals surface area contributed by atoms with E-state index in [9.17, 15) is 0 Å². The zero-order valence-electron chi connectivity index (χ0n) is 9.69. The second-order valence-corrected chi connectivity index (χ2v) is 5.06. The van der Waals surface area contributed by atoms with E-state index in [0.29, 0.717) is 6.61 Å². The maximum atomic E-state index is 5.76. The number of ether oxygens (including phenoxy) is 1. The van der Waals surface area contributed by atoms with Crippen molar-refractivity contribution in [3.05, 3.63) is 64.8 Å². The molecule has 0 aliphatic heterocycles. The first-order valence-corrected chi connectivity index (χ1v) is 6.55. The molecule has 0 amide bonds. The van der Waals surface area contributed by atoms with Crippen LogP contribution in [0.5, 0.6) is 5.75 Å². The normalized spacial score (nSPS) is 10.7. The highest BCUT2D eigenvalue weighted by molar-refractivity contribution is 9.10. The molecule has 1 N–H and O–H groups in total. The SMILES string of the molecule is Brc1cccc(OCc2ccc3[nH]ccc3c2)c1. The smallest absolute Gasteiger partial charge is 0.120 e. The molecular formula is C15H12BrNO. The number of fused-ring (bicyclic) bond motifs is 1. The summed E-state index contributed by atoms with van der Waals surface area (Å²) in [6.07, 6.45) is 1.95. The van der Waals surface area contributed by atoms with E-state index in [4.69, 9.17) is 4.74 Å². The predicted octanol–water partition coefficient (Wildman–Crippen LogP) is 4.51. The van der Waals surface area contributed by atoms with Crippen LogP contribution in [0.2, 0.25) is 0 Å². The lowest BCUT2D eigenvalue weighted by Crippen LogP contribution is -1.94. The van der Waals surface area contributed by atoms with Gasteiger partial charge in [-0.05, 0) is 47.3 Å². The Morgan fingerprint density at radius 2 is 2.00 bits per heavy atom. The molecule has 2 nitrogen and oxygen atoms in total. The van der Waals surface area contributed by atoms with E-state index in [0.717, 1.165) is 15.7 Å². The molecule has 0 spiro atoms. The van der Waals surface area contributed by atoms with Crippen LogP contribution in [-0.2, 0) is 6.61 Å². The van der Waals surface area contributed by atoms with Crippen LogP contribution in [0.15, 0.2) is 59.2 Å². The first-order chi connectivity index (χ1) is 8.81. The minimum atomic E-state index is 0.581. The highest BCUT2D eigenvalue weighted by Gasteiger charge is 1.99. The molecule has 1 heterocycles. The topological polar surface area (TPSA) is 25.0 Å². The minimum absolute atomic E-state index is 0.581. The van der Waals surface area contributed by atoms with E-state index in [1.165, 1.54) is 10.9 Å². The molecule has 0 atom stereocenters. The number of halogens is 1. The molecule has 0 saturated carbocycles. The molecule has 18 heavy (non-hydrogen) atoms. The van der Waals surface area contributed by atoms with E-state index in [-0.39, 0.29) is 0 Å². The predicted molar refractivity (Wildman–Crippen MR) is 76.8 cm³/mol.